The van der Waals surface area contributed by atoms with Gasteiger partial charge in [0.2, 0.25) is 10.0 Å². The SMILES string of the molecule is CCNC(=NCCCN(C(C)C)C(C)C)NCCCN(CC)S(C)(=O)=O. The molecule has 7 nitrogen and oxygen atoms in total. The van der Waals surface area contributed by atoms with E-state index in [2.05, 4.69) is 48.2 Å². The summed E-state index contributed by atoms with van der Waals surface area (Å²) >= 11 is 0. The molecule has 0 saturated heterocycles. The molecule has 0 aromatic carbocycles. The summed E-state index contributed by atoms with van der Waals surface area (Å²) in [5.74, 6) is 0.801. The molecule has 0 aliphatic heterocycles. The van der Waals surface area contributed by atoms with E-state index in [1.165, 1.54) is 10.6 Å². The zero-order chi connectivity index (χ0) is 20.2. The Morgan fingerprint density at radius 1 is 1.00 bits per heavy atom. The van der Waals surface area contributed by atoms with E-state index in [1.54, 1.807) is 0 Å². The fraction of sp³-hybridized carbons (Fsp3) is 0.944. The molecule has 8 heteroatoms. The Balaban J connectivity index is 4.32. The molecule has 0 amide bonds. The van der Waals surface area contributed by atoms with Crippen molar-refractivity contribution in [1.29, 1.82) is 0 Å². The van der Waals surface area contributed by atoms with E-state index in [0.717, 1.165) is 38.4 Å². The van der Waals surface area contributed by atoms with Crippen LogP contribution in [-0.2, 0) is 10.0 Å². The third-order valence-corrected chi connectivity index (χ3v) is 5.59. The number of hydrogen-bond donors (Lipinski definition) is 2. The lowest BCUT2D eigenvalue weighted by molar-refractivity contribution is 0.174. The molecule has 0 radical (unpaired) electrons. The van der Waals surface area contributed by atoms with Crippen LogP contribution in [0, 0.1) is 0 Å². The van der Waals surface area contributed by atoms with Crippen LogP contribution in [0.15, 0.2) is 4.99 Å². The van der Waals surface area contributed by atoms with Crippen molar-refractivity contribution >= 4 is 16.0 Å². The van der Waals surface area contributed by atoms with Gasteiger partial charge in [0.1, 0.15) is 0 Å². The van der Waals surface area contributed by atoms with E-state index >= 15 is 0 Å². The summed E-state index contributed by atoms with van der Waals surface area (Å²) in [4.78, 5) is 7.10. The minimum Gasteiger partial charge on any atom is -0.357 e. The summed E-state index contributed by atoms with van der Waals surface area (Å²) in [7, 11) is -3.11. The van der Waals surface area contributed by atoms with Crippen molar-refractivity contribution in [3.8, 4) is 0 Å². The molecular formula is C18H41N5O2S. The molecule has 0 rings (SSSR count). The number of sulfonamides is 1. The van der Waals surface area contributed by atoms with E-state index in [1.807, 2.05) is 13.8 Å². The van der Waals surface area contributed by atoms with Gasteiger partial charge in [-0.3, -0.25) is 9.89 Å². The molecule has 0 aromatic heterocycles. The Morgan fingerprint density at radius 2 is 1.62 bits per heavy atom. The third kappa shape index (κ3) is 11.0. The lowest BCUT2D eigenvalue weighted by Crippen LogP contribution is -2.40. The predicted molar refractivity (Wildman–Crippen MR) is 112 cm³/mol. The van der Waals surface area contributed by atoms with Crippen LogP contribution in [0.1, 0.15) is 54.4 Å². The number of hydrogen-bond acceptors (Lipinski definition) is 4. The van der Waals surface area contributed by atoms with Crippen LogP contribution < -0.4 is 10.6 Å². The van der Waals surface area contributed by atoms with E-state index < -0.39 is 10.0 Å². The highest BCUT2D eigenvalue weighted by Crippen LogP contribution is 2.05. The first kappa shape index (κ1) is 25.1. The molecule has 0 fully saturated rings. The highest BCUT2D eigenvalue weighted by Gasteiger charge is 2.13. The second-order valence-corrected chi connectivity index (χ2v) is 9.06. The van der Waals surface area contributed by atoms with Crippen molar-refractivity contribution in [3.63, 3.8) is 0 Å². The Bertz CT molecular complexity index is 484. The number of nitrogens with zero attached hydrogens (tertiary/aromatic N) is 3. The first-order chi connectivity index (χ1) is 12.1. The van der Waals surface area contributed by atoms with E-state index in [4.69, 9.17) is 0 Å². The molecule has 156 valence electrons. The van der Waals surface area contributed by atoms with Gasteiger partial charge < -0.3 is 10.6 Å². The monoisotopic (exact) mass is 391 g/mol. The average molecular weight is 392 g/mol. The molecule has 0 spiro atoms. The van der Waals surface area contributed by atoms with Gasteiger partial charge in [0, 0.05) is 51.4 Å². The number of guanidine groups is 1. The van der Waals surface area contributed by atoms with Gasteiger partial charge in [-0.2, -0.15) is 0 Å². The van der Waals surface area contributed by atoms with Crippen molar-refractivity contribution in [3.05, 3.63) is 0 Å². The van der Waals surface area contributed by atoms with Gasteiger partial charge in [-0.05, 0) is 47.5 Å². The van der Waals surface area contributed by atoms with E-state index in [0.29, 0.717) is 31.7 Å². The fourth-order valence-electron chi connectivity index (χ4n) is 2.92. The van der Waals surface area contributed by atoms with Crippen LogP contribution in [0.4, 0.5) is 0 Å². The standard InChI is InChI=1S/C18H41N5O2S/c1-8-19-18(20-12-10-14-22(9-2)26(7,24)25)21-13-11-15-23(16(3)4)17(5)6/h16-17H,8-15H2,1-7H3,(H2,19,20,21). The molecule has 0 bridgehead atoms. The van der Waals surface area contributed by atoms with Gasteiger partial charge in [-0.25, -0.2) is 12.7 Å². The second-order valence-electron chi connectivity index (χ2n) is 7.07. The lowest BCUT2D eigenvalue weighted by atomic mass is 10.2. The Kier molecular flexibility index (Phi) is 12.9. The molecule has 0 unspecified atom stereocenters. The minimum absolute atomic E-state index is 0.509. The van der Waals surface area contributed by atoms with Gasteiger partial charge in [0.25, 0.3) is 0 Å². The molecule has 0 aliphatic carbocycles. The Labute approximate surface area is 161 Å². The summed E-state index contributed by atoms with van der Waals surface area (Å²) in [6.45, 7) is 17.2. The Morgan fingerprint density at radius 3 is 2.08 bits per heavy atom. The van der Waals surface area contributed by atoms with Gasteiger partial charge in [-0.1, -0.05) is 6.92 Å². The maximum Gasteiger partial charge on any atom is 0.211 e. The second kappa shape index (κ2) is 13.3. The maximum absolute atomic E-state index is 11.6. The maximum atomic E-state index is 11.6. The first-order valence-corrected chi connectivity index (χ1v) is 11.7. The van der Waals surface area contributed by atoms with Crippen LogP contribution in [0.2, 0.25) is 0 Å². The van der Waals surface area contributed by atoms with Crippen molar-refractivity contribution < 1.29 is 8.42 Å². The first-order valence-electron chi connectivity index (χ1n) is 9.86. The number of aliphatic imine (C=N–C) groups is 1. The largest absolute Gasteiger partial charge is 0.357 e. The molecule has 0 aliphatic rings. The highest BCUT2D eigenvalue weighted by atomic mass is 32.2. The minimum atomic E-state index is -3.11. The van der Waals surface area contributed by atoms with Crippen molar-refractivity contribution in [2.45, 2.75) is 66.5 Å². The van der Waals surface area contributed by atoms with Crippen molar-refractivity contribution in [2.75, 3.05) is 45.5 Å². The van der Waals surface area contributed by atoms with Gasteiger partial charge >= 0.3 is 0 Å². The average Bonchev–Trinajstić information content (AvgIpc) is 2.52. The Hall–Kier alpha value is -0.860. The summed E-state index contributed by atoms with van der Waals surface area (Å²) in [5, 5.41) is 6.53. The van der Waals surface area contributed by atoms with Crippen LogP contribution in [0.25, 0.3) is 0 Å². The summed E-state index contributed by atoms with van der Waals surface area (Å²) in [6.07, 6.45) is 3.03. The molecular weight excluding hydrogens is 350 g/mol. The van der Waals surface area contributed by atoms with Gasteiger partial charge in [0.15, 0.2) is 5.96 Å². The molecule has 0 atom stereocenters. The van der Waals surface area contributed by atoms with Gasteiger partial charge in [0.05, 0.1) is 6.26 Å². The summed E-state index contributed by atoms with van der Waals surface area (Å²) < 4.78 is 24.7. The van der Waals surface area contributed by atoms with Crippen molar-refractivity contribution in [1.82, 2.24) is 19.8 Å². The van der Waals surface area contributed by atoms with Crippen LogP contribution in [0.5, 0.6) is 0 Å². The molecule has 0 aromatic rings. The summed E-state index contributed by atoms with van der Waals surface area (Å²) in [6, 6.07) is 1.09. The van der Waals surface area contributed by atoms with Crippen LogP contribution in [-0.4, -0.2) is 81.2 Å². The molecule has 26 heavy (non-hydrogen) atoms. The number of nitrogens with one attached hydrogen (secondary N) is 2. The zero-order valence-corrected chi connectivity index (χ0v) is 18.7. The highest BCUT2D eigenvalue weighted by molar-refractivity contribution is 7.88. The molecule has 0 heterocycles. The van der Waals surface area contributed by atoms with Gasteiger partial charge in [-0.15, -0.1) is 0 Å². The van der Waals surface area contributed by atoms with E-state index in [9.17, 15) is 8.42 Å². The quantitative estimate of drug-likeness (QED) is 0.284. The predicted octanol–water partition coefficient (Wildman–Crippen LogP) is 1.72. The van der Waals surface area contributed by atoms with Crippen LogP contribution in [0.3, 0.4) is 0 Å². The number of rotatable bonds is 13. The smallest absolute Gasteiger partial charge is 0.211 e. The zero-order valence-electron chi connectivity index (χ0n) is 17.9. The fourth-order valence-corrected chi connectivity index (χ4v) is 3.85. The lowest BCUT2D eigenvalue weighted by Gasteiger charge is -2.30. The van der Waals surface area contributed by atoms with Crippen molar-refractivity contribution in [2.24, 2.45) is 4.99 Å². The molecule has 2 N–H and O–H groups in total. The topological polar surface area (TPSA) is 77.0 Å². The third-order valence-electron chi connectivity index (χ3n) is 4.21. The van der Waals surface area contributed by atoms with E-state index in [-0.39, 0.29) is 0 Å². The summed E-state index contributed by atoms with van der Waals surface area (Å²) in [5.41, 5.74) is 0. The van der Waals surface area contributed by atoms with Crippen LogP contribution >= 0.6 is 0 Å². The molecule has 0 saturated carbocycles. The normalized spacial score (nSPS) is 13.3.